The van der Waals surface area contributed by atoms with Crippen LogP contribution in [0.4, 0.5) is 11.5 Å². The Morgan fingerprint density at radius 2 is 1.74 bits per heavy atom. The molecular weight excluding hydrogens is 450 g/mol. The fourth-order valence-electron chi connectivity index (χ4n) is 3.36. The number of methoxy groups -OCH3 is 2. The van der Waals surface area contributed by atoms with Crippen LogP contribution >= 0.6 is 0 Å². The van der Waals surface area contributed by atoms with Crippen molar-refractivity contribution in [1.29, 1.82) is 0 Å². The molecule has 0 bridgehead atoms. The molecule has 1 heterocycles. The number of aromatic nitrogens is 1. The van der Waals surface area contributed by atoms with Crippen LogP contribution in [0.2, 0.25) is 0 Å². The number of anilines is 2. The van der Waals surface area contributed by atoms with Crippen LogP contribution in [0.5, 0.6) is 17.2 Å². The Morgan fingerprint density at radius 3 is 2.43 bits per heavy atom. The number of pyridine rings is 1. The molecule has 1 atom stereocenters. The molecular formula is C26H29N3O6. The zero-order chi connectivity index (χ0) is 25.2. The molecule has 9 heteroatoms. The van der Waals surface area contributed by atoms with E-state index >= 15 is 0 Å². The van der Waals surface area contributed by atoms with Gasteiger partial charge in [0.2, 0.25) is 0 Å². The number of hydrogen-bond donors (Lipinski definition) is 2. The first kappa shape index (κ1) is 25.4. The Hall–Kier alpha value is -4.27. The standard InChI is InChI=1S/C26H29N3O6/c1-5-34-19-10-8-18(9-11-19)29-25-21(7-6-14-27-25)26(31)35-16-24(30)28-17(2)22-15-20(32-3)12-13-23(22)33-4/h6-15,17H,5,16H2,1-4H3,(H,27,29)(H,28,30). The van der Waals surface area contributed by atoms with Crippen molar-refractivity contribution in [3.63, 3.8) is 0 Å². The molecule has 0 saturated heterocycles. The Kier molecular flexibility index (Phi) is 8.89. The second-order valence-corrected chi connectivity index (χ2v) is 7.46. The van der Waals surface area contributed by atoms with E-state index in [2.05, 4.69) is 15.6 Å². The lowest BCUT2D eigenvalue weighted by molar-refractivity contribution is -0.124. The number of benzene rings is 2. The molecule has 0 saturated carbocycles. The van der Waals surface area contributed by atoms with Gasteiger partial charge in [-0.2, -0.15) is 0 Å². The Labute approximate surface area is 204 Å². The summed E-state index contributed by atoms with van der Waals surface area (Å²) in [5, 5.41) is 5.90. The highest BCUT2D eigenvalue weighted by Crippen LogP contribution is 2.29. The van der Waals surface area contributed by atoms with Gasteiger partial charge >= 0.3 is 5.97 Å². The summed E-state index contributed by atoms with van der Waals surface area (Å²) >= 11 is 0. The van der Waals surface area contributed by atoms with Gasteiger partial charge in [-0.25, -0.2) is 9.78 Å². The highest BCUT2D eigenvalue weighted by molar-refractivity contribution is 5.96. The van der Waals surface area contributed by atoms with E-state index in [9.17, 15) is 9.59 Å². The minimum atomic E-state index is -0.673. The minimum Gasteiger partial charge on any atom is -0.497 e. The molecule has 0 fully saturated rings. The number of amides is 1. The number of nitrogens with zero attached hydrogens (tertiary/aromatic N) is 1. The summed E-state index contributed by atoms with van der Waals surface area (Å²) in [5.41, 5.74) is 1.66. The van der Waals surface area contributed by atoms with Crippen LogP contribution in [0.15, 0.2) is 60.8 Å². The van der Waals surface area contributed by atoms with E-state index in [0.717, 1.165) is 17.0 Å². The van der Waals surface area contributed by atoms with Gasteiger partial charge in [0.1, 0.15) is 28.6 Å². The molecule has 0 aliphatic carbocycles. The lowest BCUT2D eigenvalue weighted by Gasteiger charge is -2.18. The number of ether oxygens (including phenoxy) is 4. The van der Waals surface area contributed by atoms with Crippen LogP contribution in [0.1, 0.15) is 35.8 Å². The number of hydrogen-bond acceptors (Lipinski definition) is 8. The Bertz CT molecular complexity index is 1150. The van der Waals surface area contributed by atoms with E-state index < -0.39 is 24.5 Å². The van der Waals surface area contributed by atoms with Crippen molar-refractivity contribution in [2.75, 3.05) is 32.8 Å². The van der Waals surface area contributed by atoms with Gasteiger partial charge in [-0.15, -0.1) is 0 Å². The number of carbonyl (C=O) groups is 2. The monoisotopic (exact) mass is 479 g/mol. The van der Waals surface area contributed by atoms with E-state index in [0.29, 0.717) is 23.9 Å². The summed E-state index contributed by atoms with van der Waals surface area (Å²) in [4.78, 5) is 29.4. The normalized spacial score (nSPS) is 11.2. The average molecular weight is 480 g/mol. The fourth-order valence-corrected chi connectivity index (χ4v) is 3.36. The van der Waals surface area contributed by atoms with E-state index in [1.807, 2.05) is 31.2 Å². The second kappa shape index (κ2) is 12.3. The average Bonchev–Trinajstić information content (AvgIpc) is 2.88. The molecule has 0 spiro atoms. The molecule has 3 aromatic rings. The maximum Gasteiger partial charge on any atom is 0.342 e. The molecule has 1 unspecified atom stereocenters. The maximum absolute atomic E-state index is 12.7. The van der Waals surface area contributed by atoms with Crippen LogP contribution in [-0.4, -0.2) is 44.3 Å². The molecule has 1 amide bonds. The quantitative estimate of drug-likeness (QED) is 0.393. The maximum atomic E-state index is 12.7. The van der Waals surface area contributed by atoms with Crippen LogP contribution in [0, 0.1) is 0 Å². The first-order valence-corrected chi connectivity index (χ1v) is 11.1. The molecule has 2 aromatic carbocycles. The molecule has 2 N–H and O–H groups in total. The topological polar surface area (TPSA) is 108 Å². The SMILES string of the molecule is CCOc1ccc(Nc2ncccc2C(=O)OCC(=O)NC(C)c2cc(OC)ccc2OC)cc1. The van der Waals surface area contributed by atoms with Crippen LogP contribution < -0.4 is 24.8 Å². The van der Waals surface area contributed by atoms with Crippen LogP contribution in [0.3, 0.4) is 0 Å². The predicted molar refractivity (Wildman–Crippen MR) is 132 cm³/mol. The van der Waals surface area contributed by atoms with Gasteiger partial charge in [0, 0.05) is 17.4 Å². The van der Waals surface area contributed by atoms with Gasteiger partial charge in [0.05, 0.1) is 26.9 Å². The number of carbonyl (C=O) groups excluding carboxylic acids is 2. The summed E-state index contributed by atoms with van der Waals surface area (Å²) in [5.74, 6) is 1.17. The van der Waals surface area contributed by atoms with Gasteiger partial charge in [-0.05, 0) is 68.4 Å². The summed E-state index contributed by atoms with van der Waals surface area (Å²) in [6.45, 7) is 3.83. The van der Waals surface area contributed by atoms with Crippen molar-refractivity contribution in [2.24, 2.45) is 0 Å². The van der Waals surface area contributed by atoms with Crippen molar-refractivity contribution in [1.82, 2.24) is 10.3 Å². The zero-order valence-corrected chi connectivity index (χ0v) is 20.2. The molecule has 3 rings (SSSR count). The van der Waals surface area contributed by atoms with Crippen molar-refractivity contribution in [3.8, 4) is 17.2 Å². The fraction of sp³-hybridized carbons (Fsp3) is 0.269. The second-order valence-electron chi connectivity index (χ2n) is 7.46. The van der Waals surface area contributed by atoms with E-state index in [1.54, 1.807) is 57.7 Å². The molecule has 9 nitrogen and oxygen atoms in total. The summed E-state index contributed by atoms with van der Waals surface area (Å²) in [6.07, 6.45) is 1.56. The van der Waals surface area contributed by atoms with Crippen molar-refractivity contribution < 1.29 is 28.5 Å². The smallest absolute Gasteiger partial charge is 0.342 e. The lowest BCUT2D eigenvalue weighted by Crippen LogP contribution is -2.31. The lowest BCUT2D eigenvalue weighted by atomic mass is 10.1. The third-order valence-corrected chi connectivity index (χ3v) is 5.07. The molecule has 0 radical (unpaired) electrons. The van der Waals surface area contributed by atoms with Gasteiger partial charge in [-0.3, -0.25) is 4.79 Å². The highest BCUT2D eigenvalue weighted by atomic mass is 16.5. The van der Waals surface area contributed by atoms with Crippen molar-refractivity contribution in [2.45, 2.75) is 19.9 Å². The van der Waals surface area contributed by atoms with Crippen LogP contribution in [-0.2, 0) is 9.53 Å². The summed E-state index contributed by atoms with van der Waals surface area (Å²) < 4.78 is 21.3. The van der Waals surface area contributed by atoms with Gasteiger partial charge in [0.25, 0.3) is 5.91 Å². The van der Waals surface area contributed by atoms with E-state index in [1.165, 1.54) is 0 Å². The molecule has 0 aliphatic heterocycles. The first-order chi connectivity index (χ1) is 16.9. The minimum absolute atomic E-state index is 0.205. The molecule has 184 valence electrons. The summed E-state index contributed by atoms with van der Waals surface area (Å²) in [6, 6.07) is 15.4. The molecule has 35 heavy (non-hydrogen) atoms. The summed E-state index contributed by atoms with van der Waals surface area (Å²) in [7, 11) is 3.11. The highest BCUT2D eigenvalue weighted by Gasteiger charge is 2.19. The third kappa shape index (κ3) is 6.86. The van der Waals surface area contributed by atoms with E-state index in [4.69, 9.17) is 18.9 Å². The van der Waals surface area contributed by atoms with Gasteiger partial charge in [-0.1, -0.05) is 0 Å². The van der Waals surface area contributed by atoms with Gasteiger partial charge in [0.15, 0.2) is 6.61 Å². The molecule has 1 aromatic heterocycles. The largest absolute Gasteiger partial charge is 0.497 e. The Morgan fingerprint density at radius 1 is 1.00 bits per heavy atom. The van der Waals surface area contributed by atoms with Crippen molar-refractivity contribution in [3.05, 3.63) is 71.9 Å². The first-order valence-electron chi connectivity index (χ1n) is 11.1. The Balaban J connectivity index is 1.61. The third-order valence-electron chi connectivity index (χ3n) is 5.07. The number of esters is 1. The van der Waals surface area contributed by atoms with Crippen molar-refractivity contribution >= 4 is 23.4 Å². The van der Waals surface area contributed by atoms with Gasteiger partial charge < -0.3 is 29.6 Å². The zero-order valence-electron chi connectivity index (χ0n) is 20.2. The number of rotatable bonds is 11. The molecule has 0 aliphatic rings. The predicted octanol–water partition coefficient (Wildman–Crippen LogP) is 4.28. The van der Waals surface area contributed by atoms with E-state index in [-0.39, 0.29) is 5.56 Å². The van der Waals surface area contributed by atoms with Crippen LogP contribution in [0.25, 0.3) is 0 Å². The number of nitrogens with one attached hydrogen (secondary N) is 2.